The smallest absolute Gasteiger partial charge is 0.338 e. The van der Waals surface area contributed by atoms with Gasteiger partial charge < -0.3 is 14.3 Å². The van der Waals surface area contributed by atoms with Crippen LogP contribution in [-0.4, -0.2) is 28.2 Å². The first kappa shape index (κ1) is 26.1. The van der Waals surface area contributed by atoms with Crippen LogP contribution < -0.4 is 14.9 Å². The Morgan fingerprint density at radius 2 is 1.85 bits per heavy atom. The molecule has 0 saturated heterocycles. The van der Waals surface area contributed by atoms with Crippen molar-refractivity contribution in [1.82, 2.24) is 4.57 Å². The largest absolute Gasteiger partial charge is 0.478 e. The van der Waals surface area contributed by atoms with Crippen molar-refractivity contribution in [3.8, 4) is 11.3 Å². The number of thiazole rings is 1. The van der Waals surface area contributed by atoms with Crippen molar-refractivity contribution in [1.29, 1.82) is 0 Å². The summed E-state index contributed by atoms with van der Waals surface area (Å²) in [5.74, 6) is -0.476. The summed E-state index contributed by atoms with van der Waals surface area (Å²) in [5.41, 5.74) is 4.11. The average Bonchev–Trinajstić information content (AvgIpc) is 3.48. The Hall–Kier alpha value is -4.50. The summed E-state index contributed by atoms with van der Waals surface area (Å²) in [6.45, 7) is 7.49. The first-order chi connectivity index (χ1) is 18.7. The first-order valence-corrected chi connectivity index (χ1v) is 13.2. The highest BCUT2D eigenvalue weighted by atomic mass is 32.1. The van der Waals surface area contributed by atoms with Crippen LogP contribution in [0.4, 0.5) is 0 Å². The highest BCUT2D eigenvalue weighted by molar-refractivity contribution is 7.07. The molecular formula is C30H26N2O6S. The van der Waals surface area contributed by atoms with Gasteiger partial charge in [-0.05, 0) is 63.1 Å². The van der Waals surface area contributed by atoms with Gasteiger partial charge in [0.2, 0.25) is 0 Å². The molecule has 2 aromatic carbocycles. The number of aromatic nitrogens is 1. The van der Waals surface area contributed by atoms with E-state index in [9.17, 15) is 19.5 Å². The molecule has 1 atom stereocenters. The average molecular weight is 543 g/mol. The van der Waals surface area contributed by atoms with Crippen LogP contribution in [0.25, 0.3) is 17.4 Å². The number of carbonyl (C=O) groups is 2. The molecule has 0 aliphatic carbocycles. The van der Waals surface area contributed by atoms with E-state index in [4.69, 9.17) is 9.15 Å². The summed E-state index contributed by atoms with van der Waals surface area (Å²) in [5, 5.41) is 9.23. The van der Waals surface area contributed by atoms with Crippen molar-refractivity contribution in [2.75, 3.05) is 6.61 Å². The molecule has 1 aliphatic heterocycles. The van der Waals surface area contributed by atoms with Crippen molar-refractivity contribution in [3.05, 3.63) is 114 Å². The lowest BCUT2D eigenvalue weighted by Crippen LogP contribution is -2.39. The van der Waals surface area contributed by atoms with Gasteiger partial charge in [0.05, 0.1) is 34.0 Å². The fraction of sp³-hybridized carbons (Fsp3) is 0.200. The maximum Gasteiger partial charge on any atom is 0.338 e. The maximum absolute atomic E-state index is 13.7. The Labute approximate surface area is 227 Å². The van der Waals surface area contributed by atoms with Gasteiger partial charge in [-0.25, -0.2) is 14.6 Å². The van der Waals surface area contributed by atoms with Gasteiger partial charge in [0, 0.05) is 11.6 Å². The van der Waals surface area contributed by atoms with Crippen LogP contribution in [0.15, 0.2) is 80.1 Å². The number of allylic oxidation sites excluding steroid dienone is 1. The summed E-state index contributed by atoms with van der Waals surface area (Å²) in [6.07, 6.45) is 1.66. The molecule has 0 spiro atoms. The Morgan fingerprint density at radius 1 is 1.10 bits per heavy atom. The molecule has 9 heteroatoms. The van der Waals surface area contributed by atoms with Crippen molar-refractivity contribution in [2.45, 2.75) is 33.7 Å². The normalized spacial score (nSPS) is 15.2. The minimum absolute atomic E-state index is 0.199. The van der Waals surface area contributed by atoms with Crippen LogP contribution in [0.3, 0.4) is 0 Å². The van der Waals surface area contributed by atoms with E-state index in [1.807, 2.05) is 38.1 Å². The Morgan fingerprint density at radius 3 is 2.51 bits per heavy atom. The van der Waals surface area contributed by atoms with E-state index in [0.717, 1.165) is 22.3 Å². The number of carbonyl (C=O) groups excluding carboxylic acids is 1. The number of furan rings is 1. The van der Waals surface area contributed by atoms with Crippen molar-refractivity contribution in [2.24, 2.45) is 4.99 Å². The molecule has 1 aliphatic rings. The Balaban J connectivity index is 1.60. The minimum Gasteiger partial charge on any atom is -0.478 e. The number of hydrogen-bond donors (Lipinski definition) is 1. The quantitative estimate of drug-likeness (QED) is 0.362. The van der Waals surface area contributed by atoms with E-state index in [2.05, 4.69) is 4.99 Å². The van der Waals surface area contributed by atoms with E-state index in [-0.39, 0.29) is 17.7 Å². The summed E-state index contributed by atoms with van der Waals surface area (Å²) < 4.78 is 13.3. The van der Waals surface area contributed by atoms with Crippen molar-refractivity contribution < 1.29 is 23.8 Å². The third-order valence-corrected chi connectivity index (χ3v) is 7.53. The SMILES string of the molecule is CCOC(=O)C1=C(C)N=c2s/c(=C/c3ccc(-c4ccc(C(=O)O)cc4C)o3)c(=O)n2[C@H]1c1ccc(C)cc1. The molecule has 198 valence electrons. The summed E-state index contributed by atoms with van der Waals surface area (Å²) in [6, 6.07) is 15.4. The fourth-order valence-corrected chi connectivity index (χ4v) is 5.66. The molecule has 0 unspecified atom stereocenters. The number of hydrogen-bond acceptors (Lipinski definition) is 7. The number of ether oxygens (including phenoxy) is 1. The van der Waals surface area contributed by atoms with E-state index >= 15 is 0 Å². The second-order valence-corrected chi connectivity index (χ2v) is 10.3. The molecule has 5 rings (SSSR count). The molecule has 39 heavy (non-hydrogen) atoms. The lowest BCUT2D eigenvalue weighted by atomic mass is 9.95. The number of fused-ring (bicyclic) bond motifs is 1. The zero-order valence-corrected chi connectivity index (χ0v) is 22.7. The summed E-state index contributed by atoms with van der Waals surface area (Å²) >= 11 is 1.22. The number of esters is 1. The Bertz CT molecular complexity index is 1820. The maximum atomic E-state index is 13.7. The van der Waals surface area contributed by atoms with Gasteiger partial charge >= 0.3 is 11.9 Å². The first-order valence-electron chi connectivity index (χ1n) is 12.4. The highest BCUT2D eigenvalue weighted by Gasteiger charge is 2.33. The zero-order valence-electron chi connectivity index (χ0n) is 21.8. The molecule has 0 saturated carbocycles. The predicted octanol–water partition coefficient (Wildman–Crippen LogP) is 4.37. The molecular weight excluding hydrogens is 516 g/mol. The molecule has 8 nitrogen and oxygen atoms in total. The monoisotopic (exact) mass is 542 g/mol. The van der Waals surface area contributed by atoms with Gasteiger partial charge in [0.1, 0.15) is 11.5 Å². The van der Waals surface area contributed by atoms with Crippen LogP contribution in [-0.2, 0) is 9.53 Å². The number of carboxylic acid groups (broad SMARTS) is 1. The summed E-state index contributed by atoms with van der Waals surface area (Å²) in [7, 11) is 0. The van der Waals surface area contributed by atoms with Gasteiger partial charge in [-0.15, -0.1) is 0 Å². The molecule has 0 bridgehead atoms. The molecule has 0 fully saturated rings. The second kappa shape index (κ2) is 10.3. The van der Waals surface area contributed by atoms with Crippen LogP contribution in [0.5, 0.6) is 0 Å². The number of aromatic carboxylic acids is 1. The topological polar surface area (TPSA) is 111 Å². The number of benzene rings is 2. The second-order valence-electron chi connectivity index (χ2n) is 9.25. The minimum atomic E-state index is -0.995. The van der Waals surface area contributed by atoms with Gasteiger partial charge in [0.25, 0.3) is 5.56 Å². The lowest BCUT2D eigenvalue weighted by molar-refractivity contribution is -0.139. The number of rotatable bonds is 6. The van der Waals surface area contributed by atoms with Crippen LogP contribution in [0, 0.1) is 13.8 Å². The van der Waals surface area contributed by atoms with Gasteiger partial charge in [-0.2, -0.15) is 0 Å². The van der Waals surface area contributed by atoms with Crippen LogP contribution >= 0.6 is 11.3 Å². The van der Waals surface area contributed by atoms with E-state index in [0.29, 0.717) is 32.1 Å². The summed E-state index contributed by atoms with van der Waals surface area (Å²) in [4.78, 5) is 43.1. The molecule has 1 N–H and O–H groups in total. The van der Waals surface area contributed by atoms with Crippen LogP contribution in [0.1, 0.15) is 52.7 Å². The predicted molar refractivity (Wildman–Crippen MR) is 147 cm³/mol. The standard InChI is InChI=1S/C30H26N2O6S/c1-5-37-29(36)25-18(4)31-30-32(26(25)19-8-6-16(2)7-9-19)27(33)24(39-30)15-21-11-13-23(38-21)22-12-10-20(28(34)35)14-17(22)3/h6-15,26H,5H2,1-4H3,(H,34,35)/b24-15+/t26-/m0/s1. The van der Waals surface area contributed by atoms with Gasteiger partial charge in [0.15, 0.2) is 4.80 Å². The molecule has 2 aromatic heterocycles. The third-order valence-electron chi connectivity index (χ3n) is 6.55. The lowest BCUT2D eigenvalue weighted by Gasteiger charge is -2.24. The number of carboxylic acids is 1. The zero-order chi connectivity index (χ0) is 27.8. The number of aryl methyl sites for hydroxylation is 2. The molecule has 0 amide bonds. The van der Waals surface area contributed by atoms with E-state index in [1.54, 1.807) is 48.8 Å². The number of nitrogens with zero attached hydrogens (tertiary/aromatic N) is 2. The van der Waals surface area contributed by atoms with Gasteiger partial charge in [-0.3, -0.25) is 9.36 Å². The van der Waals surface area contributed by atoms with E-state index < -0.39 is 18.0 Å². The Kier molecular flexibility index (Phi) is 6.93. The molecule has 0 radical (unpaired) electrons. The van der Waals surface area contributed by atoms with Gasteiger partial charge in [-0.1, -0.05) is 47.2 Å². The fourth-order valence-electron chi connectivity index (χ4n) is 4.63. The van der Waals surface area contributed by atoms with Crippen molar-refractivity contribution >= 4 is 29.4 Å². The van der Waals surface area contributed by atoms with E-state index in [1.165, 1.54) is 17.4 Å². The highest BCUT2D eigenvalue weighted by Crippen LogP contribution is 2.31. The molecule has 4 aromatic rings. The van der Waals surface area contributed by atoms with Crippen LogP contribution in [0.2, 0.25) is 0 Å². The third kappa shape index (κ3) is 4.88. The van der Waals surface area contributed by atoms with Crippen molar-refractivity contribution in [3.63, 3.8) is 0 Å². The molecule has 3 heterocycles.